The maximum Gasteiger partial charge on any atom is 0.252 e. The van der Waals surface area contributed by atoms with Crippen molar-refractivity contribution in [2.75, 3.05) is 19.6 Å². The molecule has 0 spiro atoms. The minimum atomic E-state index is -3.35. The molecule has 3 rings (SSSR count). The predicted octanol–water partition coefficient (Wildman–Crippen LogP) is 1.71. The van der Waals surface area contributed by atoms with Crippen LogP contribution in [0.2, 0.25) is 0 Å². The Labute approximate surface area is 153 Å². The summed E-state index contributed by atoms with van der Waals surface area (Å²) in [6, 6.07) is 3.71. The molecule has 8 heteroatoms. The van der Waals surface area contributed by atoms with Gasteiger partial charge < -0.3 is 11.1 Å². The molecule has 0 bridgehead atoms. The average Bonchev–Trinajstić information content (AvgIpc) is 3.25. The van der Waals surface area contributed by atoms with Crippen molar-refractivity contribution in [1.82, 2.24) is 9.62 Å². The number of rotatable bonds is 6. The van der Waals surface area contributed by atoms with E-state index in [-0.39, 0.29) is 17.9 Å². The van der Waals surface area contributed by atoms with Crippen LogP contribution in [-0.2, 0) is 21.2 Å². The zero-order chi connectivity index (χ0) is 17.9. The molecule has 3 N–H and O–H groups in total. The molecular formula is C17H27N3O3S2. The van der Waals surface area contributed by atoms with Crippen LogP contribution in [0.15, 0.2) is 16.3 Å². The molecule has 1 aromatic rings. The van der Waals surface area contributed by atoms with Crippen molar-refractivity contribution in [3.8, 4) is 0 Å². The summed E-state index contributed by atoms with van der Waals surface area (Å²) in [5, 5.41) is 2.96. The normalized spacial score (nSPS) is 25.2. The lowest BCUT2D eigenvalue weighted by atomic mass is 10.1. The molecule has 6 nitrogen and oxygen atoms in total. The molecule has 0 aromatic carbocycles. The van der Waals surface area contributed by atoms with Crippen molar-refractivity contribution in [3.63, 3.8) is 0 Å². The summed E-state index contributed by atoms with van der Waals surface area (Å²) in [7, 11) is -3.35. The van der Waals surface area contributed by atoms with Gasteiger partial charge in [0.05, 0.1) is 0 Å². The summed E-state index contributed by atoms with van der Waals surface area (Å²) < 4.78 is 27.3. The van der Waals surface area contributed by atoms with Gasteiger partial charge >= 0.3 is 0 Å². The third-order valence-electron chi connectivity index (χ3n) is 5.06. The van der Waals surface area contributed by atoms with Gasteiger partial charge in [0.25, 0.3) is 10.0 Å². The molecule has 1 aliphatic heterocycles. The van der Waals surface area contributed by atoms with E-state index in [4.69, 9.17) is 5.73 Å². The van der Waals surface area contributed by atoms with Crippen molar-refractivity contribution in [3.05, 3.63) is 17.0 Å². The Hall–Kier alpha value is -0.960. The number of thiophene rings is 1. The number of piperidine rings is 1. The van der Waals surface area contributed by atoms with Crippen LogP contribution in [0.4, 0.5) is 0 Å². The van der Waals surface area contributed by atoms with Crippen LogP contribution in [-0.4, -0.2) is 44.3 Å². The first-order chi connectivity index (χ1) is 12.0. The highest BCUT2D eigenvalue weighted by atomic mass is 32.2. The van der Waals surface area contributed by atoms with Crippen molar-refractivity contribution in [2.45, 2.75) is 55.2 Å². The van der Waals surface area contributed by atoms with Gasteiger partial charge in [0.1, 0.15) is 4.21 Å². The third kappa shape index (κ3) is 4.61. The zero-order valence-corrected chi connectivity index (χ0v) is 16.1. The molecule has 2 unspecified atom stereocenters. The fraction of sp³-hybridized carbons (Fsp3) is 0.706. The summed E-state index contributed by atoms with van der Waals surface area (Å²) in [5.41, 5.74) is 5.85. The highest BCUT2D eigenvalue weighted by Crippen LogP contribution is 2.27. The molecule has 2 heterocycles. The largest absolute Gasteiger partial charge is 0.356 e. The molecule has 1 aliphatic carbocycles. The highest BCUT2D eigenvalue weighted by molar-refractivity contribution is 7.91. The number of carbonyl (C=O) groups is 1. The van der Waals surface area contributed by atoms with E-state index in [1.807, 2.05) is 6.07 Å². The van der Waals surface area contributed by atoms with Crippen LogP contribution >= 0.6 is 11.3 Å². The number of hydrogen-bond acceptors (Lipinski definition) is 5. The van der Waals surface area contributed by atoms with E-state index in [1.54, 1.807) is 10.4 Å². The standard InChI is InChI=1S/C17H27N3O3S2/c18-14-5-4-13(12-14)17(21)19-9-8-15-6-7-16(24-15)25(22,23)20-10-2-1-3-11-20/h6-7,13-14H,1-5,8-12,18H2,(H,19,21). The van der Waals surface area contributed by atoms with E-state index in [9.17, 15) is 13.2 Å². The second-order valence-corrected chi connectivity index (χ2v) is 10.3. The molecule has 1 amide bonds. The van der Waals surface area contributed by atoms with Gasteiger partial charge in [-0.1, -0.05) is 6.42 Å². The van der Waals surface area contributed by atoms with Crippen LogP contribution in [0.25, 0.3) is 0 Å². The average molecular weight is 386 g/mol. The smallest absolute Gasteiger partial charge is 0.252 e. The Bertz CT molecular complexity index is 696. The first kappa shape index (κ1) is 18.8. The van der Waals surface area contributed by atoms with Crippen molar-refractivity contribution < 1.29 is 13.2 Å². The van der Waals surface area contributed by atoms with Gasteiger partial charge in [0.2, 0.25) is 5.91 Å². The van der Waals surface area contributed by atoms with Gasteiger partial charge in [0.15, 0.2) is 0 Å². The number of nitrogens with zero attached hydrogens (tertiary/aromatic N) is 1. The van der Waals surface area contributed by atoms with Crippen molar-refractivity contribution in [1.29, 1.82) is 0 Å². The molecular weight excluding hydrogens is 358 g/mol. The van der Waals surface area contributed by atoms with Crippen LogP contribution in [0.3, 0.4) is 0 Å². The minimum Gasteiger partial charge on any atom is -0.356 e. The van der Waals surface area contributed by atoms with E-state index >= 15 is 0 Å². The molecule has 140 valence electrons. The summed E-state index contributed by atoms with van der Waals surface area (Å²) in [6.45, 7) is 1.78. The zero-order valence-electron chi connectivity index (χ0n) is 14.4. The van der Waals surface area contributed by atoms with E-state index in [0.29, 0.717) is 30.3 Å². The number of nitrogens with one attached hydrogen (secondary N) is 1. The number of hydrogen-bond donors (Lipinski definition) is 2. The molecule has 2 fully saturated rings. The fourth-order valence-corrected chi connectivity index (χ4v) is 6.60. The third-order valence-corrected chi connectivity index (χ3v) is 8.57. The van der Waals surface area contributed by atoms with Crippen LogP contribution in [0.5, 0.6) is 0 Å². The lowest BCUT2D eigenvalue weighted by Crippen LogP contribution is -2.35. The van der Waals surface area contributed by atoms with Gasteiger partial charge in [-0.15, -0.1) is 11.3 Å². The topological polar surface area (TPSA) is 92.5 Å². The predicted molar refractivity (Wildman–Crippen MR) is 99.0 cm³/mol. The summed E-state index contributed by atoms with van der Waals surface area (Å²) >= 11 is 1.32. The maximum absolute atomic E-state index is 12.6. The maximum atomic E-state index is 12.6. The van der Waals surface area contributed by atoms with Crippen molar-refractivity contribution in [2.24, 2.45) is 11.7 Å². The van der Waals surface area contributed by atoms with Gasteiger partial charge in [-0.05, 0) is 50.7 Å². The van der Waals surface area contributed by atoms with E-state index in [1.165, 1.54) is 11.3 Å². The second-order valence-electron chi connectivity index (χ2n) is 7.00. The minimum absolute atomic E-state index is 0.0355. The Morgan fingerprint density at radius 2 is 2.00 bits per heavy atom. The molecule has 1 saturated heterocycles. The van der Waals surface area contributed by atoms with Gasteiger partial charge in [-0.3, -0.25) is 4.79 Å². The second kappa shape index (κ2) is 8.16. The summed E-state index contributed by atoms with van der Waals surface area (Å²) in [4.78, 5) is 13.1. The van der Waals surface area contributed by atoms with E-state index in [0.717, 1.165) is 43.4 Å². The molecule has 0 radical (unpaired) electrons. The molecule has 1 aromatic heterocycles. The highest BCUT2D eigenvalue weighted by Gasteiger charge is 2.28. The van der Waals surface area contributed by atoms with Crippen LogP contribution in [0.1, 0.15) is 43.4 Å². The van der Waals surface area contributed by atoms with E-state index < -0.39 is 10.0 Å². The van der Waals surface area contributed by atoms with Crippen LogP contribution < -0.4 is 11.1 Å². The quantitative estimate of drug-likeness (QED) is 0.780. The Morgan fingerprint density at radius 3 is 2.68 bits per heavy atom. The SMILES string of the molecule is NC1CCC(C(=O)NCCc2ccc(S(=O)(=O)N3CCCCC3)s2)C1. The molecule has 2 atom stereocenters. The Kier molecular flexibility index (Phi) is 6.14. The van der Waals surface area contributed by atoms with Gasteiger partial charge in [0, 0.05) is 36.5 Å². The molecule has 1 saturated carbocycles. The summed E-state index contributed by atoms with van der Waals surface area (Å²) in [5.74, 6) is 0.110. The van der Waals surface area contributed by atoms with E-state index in [2.05, 4.69) is 5.32 Å². The fourth-order valence-electron chi connectivity index (χ4n) is 3.57. The number of sulfonamides is 1. The lowest BCUT2D eigenvalue weighted by Gasteiger charge is -2.25. The first-order valence-corrected chi connectivity index (χ1v) is 11.3. The number of amides is 1. The lowest BCUT2D eigenvalue weighted by molar-refractivity contribution is -0.124. The van der Waals surface area contributed by atoms with Gasteiger partial charge in [-0.25, -0.2) is 8.42 Å². The monoisotopic (exact) mass is 385 g/mol. The van der Waals surface area contributed by atoms with Crippen molar-refractivity contribution >= 4 is 27.3 Å². The first-order valence-electron chi connectivity index (χ1n) is 9.09. The molecule has 2 aliphatic rings. The summed E-state index contributed by atoms with van der Waals surface area (Å²) in [6.07, 6.45) is 6.19. The van der Waals surface area contributed by atoms with Crippen LogP contribution in [0, 0.1) is 5.92 Å². The number of nitrogens with two attached hydrogens (primary N) is 1. The molecule has 25 heavy (non-hydrogen) atoms. The Balaban J connectivity index is 1.50. The van der Waals surface area contributed by atoms with Gasteiger partial charge in [-0.2, -0.15) is 4.31 Å². The number of carbonyl (C=O) groups excluding carboxylic acids is 1. The Morgan fingerprint density at radius 1 is 1.24 bits per heavy atom.